The summed E-state index contributed by atoms with van der Waals surface area (Å²) in [5, 5.41) is 0. The Morgan fingerprint density at radius 2 is 1.55 bits per heavy atom. The number of allylic oxidation sites excluding steroid dienone is 2. The first-order valence-corrected chi connectivity index (χ1v) is 17.5. The monoisotopic (exact) mass is 656 g/mol. The van der Waals surface area contributed by atoms with Crippen LogP contribution in [0, 0.1) is 50.2 Å². The van der Waals surface area contributed by atoms with E-state index in [0.29, 0.717) is 12.8 Å². The Kier molecular flexibility index (Phi) is 8.15. The van der Waals surface area contributed by atoms with Crippen LogP contribution in [0.4, 0.5) is 13.2 Å². The average Bonchev–Trinajstić information content (AvgIpc) is 3.01. The maximum absolute atomic E-state index is 14.2. The second kappa shape index (κ2) is 11.2. The number of alkyl halides is 3. The molecule has 0 unspecified atom stereocenters. The highest BCUT2D eigenvalue weighted by atomic mass is 19.4. The number of carbonyl (C=O) groups excluding carboxylic acids is 3. The van der Waals surface area contributed by atoms with Crippen LogP contribution in [0.1, 0.15) is 111 Å². The highest BCUT2D eigenvalue weighted by Gasteiger charge is 2.70. The number of hydrogen-bond donors (Lipinski definition) is 0. The molecule has 0 heterocycles. The van der Waals surface area contributed by atoms with E-state index in [1.807, 2.05) is 30.3 Å². The molecule has 0 spiro atoms. The summed E-state index contributed by atoms with van der Waals surface area (Å²) >= 11 is 0. The van der Waals surface area contributed by atoms with Crippen molar-refractivity contribution in [3.8, 4) is 0 Å². The molecular weight excluding hydrogens is 605 g/mol. The first-order chi connectivity index (χ1) is 21.8. The lowest BCUT2D eigenvalue weighted by atomic mass is 9.33. The summed E-state index contributed by atoms with van der Waals surface area (Å²) in [7, 11) is 0. The van der Waals surface area contributed by atoms with Crippen LogP contribution < -0.4 is 0 Å². The highest BCUT2D eigenvalue weighted by molar-refractivity contribution is 5.87. The maximum atomic E-state index is 14.2. The molecule has 5 nitrogen and oxygen atoms in total. The van der Waals surface area contributed by atoms with Crippen molar-refractivity contribution in [2.24, 2.45) is 50.2 Å². The SMILES string of the molecule is CC1(C)CC[C@]2(C(=O)OCc3ccccc3)CC[C@]3(C)C(=CC[C@@H]4[C@@]5(C)CCC(=O)[C@@](C)(COC(=O)C(F)(F)F)[C@@H]5CC[C@]43C)[C@@H]2C1. The third kappa shape index (κ3) is 5.21. The molecule has 1 aromatic rings. The van der Waals surface area contributed by atoms with Gasteiger partial charge in [0.05, 0.1) is 10.8 Å². The third-order valence-corrected chi connectivity index (χ3v) is 14.6. The first kappa shape index (κ1) is 34.2. The summed E-state index contributed by atoms with van der Waals surface area (Å²) < 4.78 is 50.1. The van der Waals surface area contributed by atoms with Crippen molar-refractivity contribution in [3.05, 3.63) is 47.5 Å². The molecule has 0 aromatic heterocycles. The minimum atomic E-state index is -5.10. The highest BCUT2D eigenvalue weighted by Crippen LogP contribution is 2.75. The fourth-order valence-corrected chi connectivity index (χ4v) is 11.6. The van der Waals surface area contributed by atoms with Gasteiger partial charge in [0.1, 0.15) is 19.0 Å². The summed E-state index contributed by atoms with van der Waals surface area (Å²) in [4.78, 5) is 39.4. The molecule has 0 saturated heterocycles. The molecule has 5 aliphatic rings. The number of ketones is 1. The number of rotatable bonds is 5. The minimum absolute atomic E-state index is 0.0801. The van der Waals surface area contributed by atoms with Crippen LogP contribution >= 0.6 is 0 Å². The molecule has 0 aliphatic heterocycles. The lowest BCUT2D eigenvalue weighted by Crippen LogP contribution is -2.65. The third-order valence-electron chi connectivity index (χ3n) is 14.6. The van der Waals surface area contributed by atoms with Crippen LogP contribution in [0.5, 0.6) is 0 Å². The number of Topliss-reactive ketones (excluding diaryl/α,β-unsaturated/α-hetero) is 1. The van der Waals surface area contributed by atoms with Crippen LogP contribution in [0.2, 0.25) is 0 Å². The van der Waals surface area contributed by atoms with Gasteiger partial charge in [0.25, 0.3) is 0 Å². The van der Waals surface area contributed by atoms with E-state index in [0.717, 1.165) is 50.5 Å². The first-order valence-electron chi connectivity index (χ1n) is 17.5. The molecule has 8 atom stereocenters. The molecule has 4 saturated carbocycles. The van der Waals surface area contributed by atoms with Crippen molar-refractivity contribution < 1.29 is 37.0 Å². The van der Waals surface area contributed by atoms with Crippen molar-refractivity contribution in [1.82, 2.24) is 0 Å². The van der Waals surface area contributed by atoms with Crippen LogP contribution in [0.3, 0.4) is 0 Å². The fourth-order valence-electron chi connectivity index (χ4n) is 11.6. The fraction of sp³-hybridized carbons (Fsp3) is 0.718. The molecule has 5 aliphatic carbocycles. The van der Waals surface area contributed by atoms with E-state index in [1.54, 1.807) is 6.92 Å². The largest absolute Gasteiger partial charge is 0.490 e. The van der Waals surface area contributed by atoms with Gasteiger partial charge in [-0.15, -0.1) is 0 Å². The summed E-state index contributed by atoms with van der Waals surface area (Å²) in [6.45, 7) is 13.1. The molecule has 47 heavy (non-hydrogen) atoms. The molecule has 0 N–H and O–H groups in total. The molecule has 0 amide bonds. The van der Waals surface area contributed by atoms with Gasteiger partial charge in [-0.25, -0.2) is 4.79 Å². The van der Waals surface area contributed by atoms with Gasteiger partial charge in [0.15, 0.2) is 0 Å². The van der Waals surface area contributed by atoms with Crippen molar-refractivity contribution in [2.45, 2.75) is 119 Å². The van der Waals surface area contributed by atoms with Gasteiger partial charge in [-0.3, -0.25) is 9.59 Å². The number of ether oxygens (including phenoxy) is 2. The Balaban J connectivity index is 1.33. The summed E-state index contributed by atoms with van der Waals surface area (Å²) in [5.41, 5.74) is 0.112. The quantitative estimate of drug-likeness (QED) is 0.234. The number of hydrogen-bond acceptors (Lipinski definition) is 5. The smallest absolute Gasteiger partial charge is 0.460 e. The minimum Gasteiger partial charge on any atom is -0.460 e. The molecule has 258 valence electrons. The van der Waals surface area contributed by atoms with E-state index in [1.165, 1.54) is 5.57 Å². The molecule has 0 bridgehead atoms. The summed E-state index contributed by atoms with van der Waals surface area (Å²) in [6, 6.07) is 9.83. The summed E-state index contributed by atoms with van der Waals surface area (Å²) in [6.07, 6.45) is 4.89. The van der Waals surface area contributed by atoms with Gasteiger partial charge < -0.3 is 9.47 Å². The topological polar surface area (TPSA) is 69.7 Å². The second-order valence-electron chi connectivity index (χ2n) is 17.3. The van der Waals surface area contributed by atoms with E-state index in [2.05, 4.69) is 40.7 Å². The Morgan fingerprint density at radius 3 is 2.23 bits per heavy atom. The van der Waals surface area contributed by atoms with Gasteiger partial charge in [-0.05, 0) is 110 Å². The Labute approximate surface area is 277 Å². The van der Waals surface area contributed by atoms with Crippen molar-refractivity contribution in [3.63, 3.8) is 0 Å². The van der Waals surface area contributed by atoms with Crippen LogP contribution in [0.15, 0.2) is 42.0 Å². The van der Waals surface area contributed by atoms with Crippen molar-refractivity contribution in [2.75, 3.05) is 6.61 Å². The molecule has 4 fully saturated rings. The van der Waals surface area contributed by atoms with Crippen LogP contribution in [-0.4, -0.2) is 30.5 Å². The van der Waals surface area contributed by atoms with E-state index < -0.39 is 29.6 Å². The van der Waals surface area contributed by atoms with Gasteiger partial charge in [-0.1, -0.05) is 76.6 Å². The molecule has 0 radical (unpaired) electrons. The maximum Gasteiger partial charge on any atom is 0.490 e. The van der Waals surface area contributed by atoms with Crippen molar-refractivity contribution >= 4 is 17.7 Å². The van der Waals surface area contributed by atoms with Gasteiger partial charge in [0, 0.05) is 6.42 Å². The van der Waals surface area contributed by atoms with Gasteiger partial charge in [-0.2, -0.15) is 13.2 Å². The average molecular weight is 657 g/mol. The second-order valence-corrected chi connectivity index (χ2v) is 17.3. The van der Waals surface area contributed by atoms with E-state index >= 15 is 0 Å². The Bertz CT molecular complexity index is 1470. The van der Waals surface area contributed by atoms with E-state index in [9.17, 15) is 27.6 Å². The predicted octanol–water partition coefficient (Wildman–Crippen LogP) is 9.19. The lowest BCUT2D eigenvalue weighted by molar-refractivity contribution is -0.214. The summed E-state index contributed by atoms with van der Waals surface area (Å²) in [5.74, 6) is -2.35. The predicted molar refractivity (Wildman–Crippen MR) is 172 cm³/mol. The number of benzene rings is 1. The van der Waals surface area contributed by atoms with Crippen LogP contribution in [0.25, 0.3) is 0 Å². The zero-order valence-corrected chi connectivity index (χ0v) is 28.9. The number of carbonyl (C=O) groups is 3. The van der Waals surface area contributed by atoms with E-state index in [-0.39, 0.29) is 64.2 Å². The number of fused-ring (bicyclic) bond motifs is 7. The zero-order valence-electron chi connectivity index (χ0n) is 28.9. The normalized spacial score (nSPS) is 40.9. The van der Waals surface area contributed by atoms with Gasteiger partial charge >= 0.3 is 18.1 Å². The molecule has 6 rings (SSSR count). The number of halogens is 3. The Hall–Kier alpha value is -2.64. The Morgan fingerprint density at radius 1 is 0.872 bits per heavy atom. The van der Waals surface area contributed by atoms with Crippen molar-refractivity contribution in [1.29, 1.82) is 0 Å². The molecular formula is C39H51F3O5. The lowest BCUT2D eigenvalue weighted by Gasteiger charge is -2.70. The molecule has 1 aromatic carbocycles. The van der Waals surface area contributed by atoms with E-state index in [4.69, 9.17) is 9.47 Å². The molecule has 8 heteroatoms. The van der Waals surface area contributed by atoms with Crippen LogP contribution in [-0.2, 0) is 30.5 Å². The van der Waals surface area contributed by atoms with Gasteiger partial charge in [0.2, 0.25) is 0 Å². The standard InChI is InChI=1S/C39H51F3O5/c1-33(2)18-20-38(31(44)46-23-25-10-8-7-9-11-25)21-19-36(5)26(27(38)22-33)12-13-29-34(3)16-15-30(43)35(4,24-47-32(45)39(40,41)42)28(34)14-17-37(29,36)6/h7-12,27-29H,13-24H2,1-6H3/t27-,28+,29+,34-,35-,36+,37+,38-/m0/s1. The zero-order chi connectivity index (χ0) is 34.3. The number of esters is 2.